The van der Waals surface area contributed by atoms with E-state index in [0.29, 0.717) is 19.6 Å². The van der Waals surface area contributed by atoms with E-state index >= 15 is 0 Å². The zero-order valence-electron chi connectivity index (χ0n) is 17.7. The van der Waals surface area contributed by atoms with E-state index in [2.05, 4.69) is 27.7 Å². The highest BCUT2D eigenvalue weighted by molar-refractivity contribution is 6.08. The Morgan fingerprint density at radius 3 is 2.47 bits per heavy atom. The van der Waals surface area contributed by atoms with Gasteiger partial charge in [-0.2, -0.15) is 0 Å². The molecule has 162 valence electrons. The van der Waals surface area contributed by atoms with Crippen molar-refractivity contribution < 1.29 is 19.2 Å². The van der Waals surface area contributed by atoms with Gasteiger partial charge in [0, 0.05) is 33.2 Å². The molecule has 1 atom stereocenters. The van der Waals surface area contributed by atoms with Crippen LogP contribution in [-0.4, -0.2) is 89.8 Å². The first-order chi connectivity index (χ1) is 14.2. The van der Waals surface area contributed by atoms with Gasteiger partial charge < -0.3 is 15.5 Å². The van der Waals surface area contributed by atoms with Crippen molar-refractivity contribution in [2.45, 2.75) is 31.8 Å². The van der Waals surface area contributed by atoms with E-state index in [1.807, 2.05) is 18.2 Å². The van der Waals surface area contributed by atoms with Gasteiger partial charge in [-0.1, -0.05) is 30.3 Å². The molecule has 9 nitrogen and oxygen atoms in total. The van der Waals surface area contributed by atoms with Crippen LogP contribution in [0.3, 0.4) is 0 Å². The monoisotopic (exact) mass is 415 g/mol. The maximum atomic E-state index is 12.9. The second-order valence-electron chi connectivity index (χ2n) is 8.20. The number of benzene rings is 1. The summed E-state index contributed by atoms with van der Waals surface area (Å²) >= 11 is 0. The van der Waals surface area contributed by atoms with Gasteiger partial charge in [-0.25, -0.2) is 4.79 Å². The summed E-state index contributed by atoms with van der Waals surface area (Å²) in [4.78, 5) is 54.4. The van der Waals surface area contributed by atoms with Crippen molar-refractivity contribution in [3.63, 3.8) is 0 Å². The normalized spacial score (nSPS) is 21.5. The first-order valence-electron chi connectivity index (χ1n) is 10.1. The van der Waals surface area contributed by atoms with Gasteiger partial charge in [0.05, 0.1) is 0 Å². The molecule has 0 saturated carbocycles. The van der Waals surface area contributed by atoms with Crippen LogP contribution in [0.4, 0.5) is 4.79 Å². The average Bonchev–Trinajstić information content (AvgIpc) is 2.93. The number of amides is 5. The topological polar surface area (TPSA) is 102 Å². The van der Waals surface area contributed by atoms with Crippen LogP contribution < -0.4 is 10.6 Å². The lowest BCUT2D eigenvalue weighted by Crippen LogP contribution is -2.62. The molecular formula is C21H29N5O4. The lowest BCUT2D eigenvalue weighted by molar-refractivity contribution is -0.146. The number of piperazine rings is 1. The number of carbonyl (C=O) groups excluding carboxylic acids is 4. The Hall–Kier alpha value is -2.94. The fourth-order valence-electron chi connectivity index (χ4n) is 3.85. The minimum Gasteiger partial charge on any atom is -0.357 e. The van der Waals surface area contributed by atoms with E-state index in [1.165, 1.54) is 17.5 Å². The van der Waals surface area contributed by atoms with E-state index in [1.54, 1.807) is 13.8 Å². The zero-order valence-corrected chi connectivity index (χ0v) is 17.7. The molecule has 1 unspecified atom stereocenters. The molecule has 1 aromatic rings. The van der Waals surface area contributed by atoms with E-state index < -0.39 is 29.4 Å². The van der Waals surface area contributed by atoms with Crippen molar-refractivity contribution >= 4 is 23.8 Å². The standard InChI is InChI=1S/C21H29N5O4/c1-21(2)19(29)26(20(30)23-21)14-17(27)25-12-11-24(13-16(25)18(28)22-3)10-9-15-7-5-4-6-8-15/h4-8,16H,9-14H2,1-3H3,(H,22,28)(H,23,30). The molecule has 0 bridgehead atoms. The molecule has 2 aliphatic heterocycles. The fraction of sp³-hybridized carbons (Fsp3) is 0.524. The smallest absolute Gasteiger partial charge is 0.325 e. The Balaban J connectivity index is 1.64. The molecule has 5 amide bonds. The van der Waals surface area contributed by atoms with Gasteiger partial charge in [-0.05, 0) is 25.8 Å². The van der Waals surface area contributed by atoms with Gasteiger partial charge >= 0.3 is 6.03 Å². The summed E-state index contributed by atoms with van der Waals surface area (Å²) in [5, 5.41) is 5.18. The van der Waals surface area contributed by atoms with Crippen LogP contribution in [0.25, 0.3) is 0 Å². The molecule has 9 heteroatoms. The summed E-state index contributed by atoms with van der Waals surface area (Å²) < 4.78 is 0. The lowest BCUT2D eigenvalue weighted by atomic mass is 10.1. The second-order valence-corrected chi connectivity index (χ2v) is 8.20. The number of rotatable bonds is 6. The highest BCUT2D eigenvalue weighted by atomic mass is 16.2. The van der Waals surface area contributed by atoms with Gasteiger partial charge in [0.1, 0.15) is 18.1 Å². The molecule has 0 radical (unpaired) electrons. The van der Waals surface area contributed by atoms with E-state index in [9.17, 15) is 19.2 Å². The maximum Gasteiger partial charge on any atom is 0.325 e. The number of likely N-dealkylation sites (N-methyl/N-ethyl adjacent to an activating group) is 1. The summed E-state index contributed by atoms with van der Waals surface area (Å²) in [5.41, 5.74) is 0.182. The Kier molecular flexibility index (Phi) is 6.40. The van der Waals surface area contributed by atoms with Crippen molar-refractivity contribution in [1.29, 1.82) is 0 Å². The first kappa shape index (κ1) is 21.8. The van der Waals surface area contributed by atoms with Crippen molar-refractivity contribution in [1.82, 2.24) is 25.3 Å². The Morgan fingerprint density at radius 2 is 1.87 bits per heavy atom. The van der Waals surface area contributed by atoms with Gasteiger partial charge in [-0.3, -0.25) is 24.2 Å². The third-order valence-electron chi connectivity index (χ3n) is 5.63. The van der Waals surface area contributed by atoms with Crippen LogP contribution in [0.15, 0.2) is 30.3 Å². The van der Waals surface area contributed by atoms with E-state index in [0.717, 1.165) is 17.9 Å². The van der Waals surface area contributed by atoms with Gasteiger partial charge in [0.25, 0.3) is 5.91 Å². The predicted molar refractivity (Wildman–Crippen MR) is 110 cm³/mol. The van der Waals surface area contributed by atoms with Gasteiger partial charge in [0.15, 0.2) is 0 Å². The van der Waals surface area contributed by atoms with Gasteiger partial charge in [-0.15, -0.1) is 0 Å². The van der Waals surface area contributed by atoms with Crippen LogP contribution in [0, 0.1) is 0 Å². The summed E-state index contributed by atoms with van der Waals surface area (Å²) in [6, 6.07) is 8.84. The molecular weight excluding hydrogens is 386 g/mol. The molecule has 0 aliphatic carbocycles. The fourth-order valence-corrected chi connectivity index (χ4v) is 3.85. The molecule has 3 rings (SSSR count). The maximum absolute atomic E-state index is 12.9. The lowest BCUT2D eigenvalue weighted by Gasteiger charge is -2.40. The van der Waals surface area contributed by atoms with Crippen LogP contribution in [0.5, 0.6) is 0 Å². The number of hydrogen-bond acceptors (Lipinski definition) is 5. The van der Waals surface area contributed by atoms with Gasteiger partial charge in [0.2, 0.25) is 11.8 Å². The molecule has 2 N–H and O–H groups in total. The Bertz CT molecular complexity index is 826. The number of nitrogens with one attached hydrogen (secondary N) is 2. The van der Waals surface area contributed by atoms with Crippen molar-refractivity contribution in [2.24, 2.45) is 0 Å². The molecule has 2 heterocycles. The predicted octanol–water partition coefficient (Wildman–Crippen LogP) is -0.182. The molecule has 2 saturated heterocycles. The van der Waals surface area contributed by atoms with Crippen LogP contribution >= 0.6 is 0 Å². The van der Waals surface area contributed by atoms with Crippen molar-refractivity contribution in [2.75, 3.05) is 39.8 Å². The molecule has 0 aromatic heterocycles. The van der Waals surface area contributed by atoms with E-state index in [-0.39, 0.29) is 12.5 Å². The first-order valence-corrected chi connectivity index (χ1v) is 10.1. The third-order valence-corrected chi connectivity index (χ3v) is 5.63. The minimum absolute atomic E-state index is 0.259. The van der Waals surface area contributed by atoms with Crippen LogP contribution in [0.1, 0.15) is 19.4 Å². The minimum atomic E-state index is -1.03. The summed E-state index contributed by atoms with van der Waals surface area (Å²) in [5.74, 6) is -1.11. The van der Waals surface area contributed by atoms with Crippen LogP contribution in [-0.2, 0) is 20.8 Å². The number of imide groups is 1. The van der Waals surface area contributed by atoms with Crippen molar-refractivity contribution in [3.8, 4) is 0 Å². The number of urea groups is 1. The average molecular weight is 415 g/mol. The summed E-state index contributed by atoms with van der Waals surface area (Å²) in [6.45, 7) is 4.99. The Morgan fingerprint density at radius 1 is 1.17 bits per heavy atom. The van der Waals surface area contributed by atoms with Crippen LogP contribution in [0.2, 0.25) is 0 Å². The molecule has 30 heavy (non-hydrogen) atoms. The summed E-state index contributed by atoms with van der Waals surface area (Å²) in [7, 11) is 1.54. The summed E-state index contributed by atoms with van der Waals surface area (Å²) in [6.07, 6.45) is 0.854. The molecule has 2 fully saturated rings. The zero-order chi connectivity index (χ0) is 21.9. The third kappa shape index (κ3) is 4.62. The molecule has 2 aliphatic rings. The second kappa shape index (κ2) is 8.83. The quantitative estimate of drug-likeness (QED) is 0.628. The molecule has 0 spiro atoms. The molecule has 1 aromatic carbocycles. The largest absolute Gasteiger partial charge is 0.357 e. The highest BCUT2D eigenvalue weighted by Crippen LogP contribution is 2.18. The number of hydrogen-bond donors (Lipinski definition) is 2. The number of carbonyl (C=O) groups is 4. The number of nitrogens with zero attached hydrogens (tertiary/aromatic N) is 3. The highest BCUT2D eigenvalue weighted by Gasteiger charge is 2.46. The Labute approximate surface area is 176 Å². The van der Waals surface area contributed by atoms with Crippen molar-refractivity contribution in [3.05, 3.63) is 35.9 Å². The van der Waals surface area contributed by atoms with E-state index in [4.69, 9.17) is 0 Å². The SMILES string of the molecule is CNC(=O)C1CN(CCc2ccccc2)CCN1C(=O)CN1C(=O)NC(C)(C)C1=O.